The van der Waals surface area contributed by atoms with Crippen molar-refractivity contribution in [3.63, 3.8) is 0 Å². The number of carbonyl (C=O) groups excluding carboxylic acids is 2. The van der Waals surface area contributed by atoms with Gasteiger partial charge in [0.2, 0.25) is 5.91 Å². The van der Waals surface area contributed by atoms with Crippen LogP contribution in [0.5, 0.6) is 0 Å². The Kier molecular flexibility index (Phi) is 5.19. The second kappa shape index (κ2) is 6.65. The summed E-state index contributed by atoms with van der Waals surface area (Å²) in [4.78, 5) is 34.8. The minimum absolute atomic E-state index is 0.148. The Balaban J connectivity index is 3.14. The molecule has 0 bridgehead atoms. The van der Waals surface area contributed by atoms with E-state index in [2.05, 4.69) is 0 Å². The van der Waals surface area contributed by atoms with Gasteiger partial charge in [-0.3, -0.25) is 19.8 Å². The van der Waals surface area contributed by atoms with E-state index in [-0.39, 0.29) is 18.0 Å². The molecule has 0 aliphatic heterocycles. The van der Waals surface area contributed by atoms with Gasteiger partial charge < -0.3 is 4.74 Å². The number of nitro groups is 1. The third-order valence-electron chi connectivity index (χ3n) is 2.67. The first-order chi connectivity index (χ1) is 9.38. The molecule has 0 N–H and O–H groups in total. The van der Waals surface area contributed by atoms with Crippen LogP contribution < -0.4 is 4.90 Å². The summed E-state index contributed by atoms with van der Waals surface area (Å²) < 4.78 is 4.87. The lowest BCUT2D eigenvalue weighted by Crippen LogP contribution is -2.43. The lowest BCUT2D eigenvalue weighted by Gasteiger charge is -2.26. The highest BCUT2D eigenvalue weighted by Crippen LogP contribution is 2.23. The molecular weight excluding hydrogens is 264 g/mol. The highest BCUT2D eigenvalue weighted by Gasteiger charge is 2.27. The molecule has 1 aromatic rings. The summed E-state index contributed by atoms with van der Waals surface area (Å²) in [6.07, 6.45) is 0. The van der Waals surface area contributed by atoms with Crippen molar-refractivity contribution >= 4 is 23.3 Å². The number of esters is 1. The number of amides is 1. The van der Waals surface area contributed by atoms with Crippen LogP contribution in [0.4, 0.5) is 11.4 Å². The first-order valence-corrected chi connectivity index (χ1v) is 6.09. The van der Waals surface area contributed by atoms with Gasteiger partial charge in [0.05, 0.1) is 17.2 Å². The molecule has 1 amide bonds. The van der Waals surface area contributed by atoms with E-state index in [0.29, 0.717) is 0 Å². The smallest absolute Gasteiger partial charge is 0.328 e. The van der Waals surface area contributed by atoms with Crippen molar-refractivity contribution in [2.45, 2.75) is 26.8 Å². The van der Waals surface area contributed by atoms with Gasteiger partial charge in [-0.25, -0.2) is 4.79 Å². The standard InChI is InChI=1S/C13H16N2O5/c1-4-20-13(17)9(2)14(10(3)16)11-6-5-7-12(8-11)15(18)19/h5-9H,4H2,1-3H3. The summed E-state index contributed by atoms with van der Waals surface area (Å²) in [7, 11) is 0. The average molecular weight is 280 g/mol. The molecular formula is C13H16N2O5. The molecule has 0 radical (unpaired) electrons. The van der Waals surface area contributed by atoms with Gasteiger partial charge in [0.15, 0.2) is 0 Å². The van der Waals surface area contributed by atoms with Crippen molar-refractivity contribution < 1.29 is 19.2 Å². The van der Waals surface area contributed by atoms with Crippen LogP contribution in [0, 0.1) is 10.1 Å². The maximum Gasteiger partial charge on any atom is 0.328 e. The summed E-state index contributed by atoms with van der Waals surface area (Å²) in [6, 6.07) is 4.70. The average Bonchev–Trinajstić information content (AvgIpc) is 2.39. The monoisotopic (exact) mass is 280 g/mol. The van der Waals surface area contributed by atoms with Crippen molar-refractivity contribution in [3.8, 4) is 0 Å². The van der Waals surface area contributed by atoms with E-state index in [1.54, 1.807) is 6.92 Å². The summed E-state index contributed by atoms with van der Waals surface area (Å²) in [5, 5.41) is 10.8. The molecule has 7 heteroatoms. The topological polar surface area (TPSA) is 89.8 Å². The lowest BCUT2D eigenvalue weighted by molar-refractivity contribution is -0.384. The number of rotatable bonds is 5. The van der Waals surface area contributed by atoms with E-state index in [1.807, 2.05) is 0 Å². The first-order valence-electron chi connectivity index (χ1n) is 6.09. The Morgan fingerprint density at radius 3 is 2.60 bits per heavy atom. The Labute approximate surface area is 116 Å². The van der Waals surface area contributed by atoms with Gasteiger partial charge in [0.25, 0.3) is 5.69 Å². The second-order valence-electron chi connectivity index (χ2n) is 4.09. The predicted octanol–water partition coefficient (Wildman–Crippen LogP) is 1.90. The molecule has 0 aromatic heterocycles. The van der Waals surface area contributed by atoms with Crippen molar-refractivity contribution in [2.24, 2.45) is 0 Å². The predicted molar refractivity (Wildman–Crippen MR) is 72.4 cm³/mol. The van der Waals surface area contributed by atoms with Gasteiger partial charge in [-0.1, -0.05) is 6.07 Å². The van der Waals surface area contributed by atoms with Crippen LogP contribution in [-0.4, -0.2) is 29.4 Å². The van der Waals surface area contributed by atoms with Crippen molar-refractivity contribution in [2.75, 3.05) is 11.5 Å². The van der Waals surface area contributed by atoms with Gasteiger partial charge in [0, 0.05) is 19.1 Å². The maximum atomic E-state index is 11.7. The van der Waals surface area contributed by atoms with Crippen LogP contribution in [0.25, 0.3) is 0 Å². The fourth-order valence-electron chi connectivity index (χ4n) is 1.80. The zero-order chi connectivity index (χ0) is 15.3. The van der Waals surface area contributed by atoms with E-state index >= 15 is 0 Å². The Bertz CT molecular complexity index is 529. The van der Waals surface area contributed by atoms with Crippen LogP contribution in [-0.2, 0) is 14.3 Å². The highest BCUT2D eigenvalue weighted by atomic mass is 16.6. The summed E-state index contributed by atoms with van der Waals surface area (Å²) >= 11 is 0. The number of non-ortho nitro benzene ring substituents is 1. The number of hydrogen-bond acceptors (Lipinski definition) is 5. The number of carbonyl (C=O) groups is 2. The molecule has 1 atom stereocenters. The molecule has 0 aliphatic rings. The Morgan fingerprint density at radius 1 is 1.45 bits per heavy atom. The van der Waals surface area contributed by atoms with E-state index in [9.17, 15) is 19.7 Å². The Morgan fingerprint density at radius 2 is 2.10 bits per heavy atom. The van der Waals surface area contributed by atoms with E-state index in [4.69, 9.17) is 4.74 Å². The molecule has 20 heavy (non-hydrogen) atoms. The van der Waals surface area contributed by atoms with Gasteiger partial charge in [-0.2, -0.15) is 0 Å². The molecule has 1 aromatic carbocycles. The van der Waals surface area contributed by atoms with Crippen molar-refractivity contribution in [1.82, 2.24) is 0 Å². The molecule has 1 rings (SSSR count). The van der Waals surface area contributed by atoms with E-state index in [0.717, 1.165) is 0 Å². The molecule has 0 aliphatic carbocycles. The molecule has 0 saturated carbocycles. The second-order valence-corrected chi connectivity index (χ2v) is 4.09. The number of nitrogens with zero attached hydrogens (tertiary/aromatic N) is 2. The van der Waals surface area contributed by atoms with E-state index < -0.39 is 22.8 Å². The third-order valence-corrected chi connectivity index (χ3v) is 2.67. The van der Waals surface area contributed by atoms with Crippen molar-refractivity contribution in [1.29, 1.82) is 0 Å². The highest BCUT2D eigenvalue weighted by molar-refractivity contribution is 5.98. The van der Waals surface area contributed by atoms with Crippen LogP contribution >= 0.6 is 0 Å². The normalized spacial score (nSPS) is 11.6. The lowest BCUT2D eigenvalue weighted by atomic mass is 10.2. The van der Waals surface area contributed by atoms with Crippen LogP contribution in [0.15, 0.2) is 24.3 Å². The fourth-order valence-corrected chi connectivity index (χ4v) is 1.80. The molecule has 7 nitrogen and oxygen atoms in total. The molecule has 0 spiro atoms. The number of hydrogen-bond donors (Lipinski definition) is 0. The number of anilines is 1. The molecule has 0 heterocycles. The molecule has 0 fully saturated rings. The molecule has 1 unspecified atom stereocenters. The maximum absolute atomic E-state index is 11.7. The number of nitro benzene ring substituents is 1. The quantitative estimate of drug-likeness (QED) is 0.467. The van der Waals surface area contributed by atoms with Crippen LogP contribution in [0.2, 0.25) is 0 Å². The summed E-state index contributed by atoms with van der Waals surface area (Å²) in [6.45, 7) is 4.66. The summed E-state index contributed by atoms with van der Waals surface area (Å²) in [5.74, 6) is -0.958. The largest absolute Gasteiger partial charge is 0.464 e. The number of ether oxygens (including phenoxy) is 1. The Hall–Kier alpha value is -2.44. The zero-order valence-corrected chi connectivity index (χ0v) is 11.5. The zero-order valence-electron chi connectivity index (χ0n) is 11.5. The van der Waals surface area contributed by atoms with Crippen LogP contribution in [0.3, 0.4) is 0 Å². The summed E-state index contributed by atoms with van der Waals surface area (Å²) in [5.41, 5.74) is 0.136. The minimum Gasteiger partial charge on any atom is -0.464 e. The minimum atomic E-state index is -0.852. The van der Waals surface area contributed by atoms with E-state index in [1.165, 1.54) is 43.0 Å². The van der Waals surface area contributed by atoms with Crippen LogP contribution in [0.1, 0.15) is 20.8 Å². The fraction of sp³-hybridized carbons (Fsp3) is 0.385. The molecule has 108 valence electrons. The van der Waals surface area contributed by atoms with Gasteiger partial charge in [-0.05, 0) is 19.9 Å². The van der Waals surface area contributed by atoms with Gasteiger partial charge in [0.1, 0.15) is 6.04 Å². The SMILES string of the molecule is CCOC(=O)C(C)N(C(C)=O)c1cccc([N+](=O)[O-])c1. The first kappa shape index (κ1) is 15.6. The number of benzene rings is 1. The van der Waals surface area contributed by atoms with Gasteiger partial charge >= 0.3 is 5.97 Å². The third kappa shape index (κ3) is 3.53. The van der Waals surface area contributed by atoms with Crippen molar-refractivity contribution in [3.05, 3.63) is 34.4 Å². The van der Waals surface area contributed by atoms with Gasteiger partial charge in [-0.15, -0.1) is 0 Å². The molecule has 0 saturated heterocycles.